The molecule has 1 aromatic rings. The number of fused-ring (bicyclic) bond motifs is 1. The Hall–Kier alpha value is -1.55. The second kappa shape index (κ2) is 5.40. The quantitative estimate of drug-likeness (QED) is 0.851. The molecule has 1 aliphatic rings. The molecule has 4 heteroatoms. The van der Waals surface area contributed by atoms with Gasteiger partial charge >= 0.3 is 0 Å². The van der Waals surface area contributed by atoms with Gasteiger partial charge in [-0.25, -0.2) is 0 Å². The van der Waals surface area contributed by atoms with Crippen LogP contribution < -0.4 is 15.8 Å². The average molecular weight is 248 g/mol. The summed E-state index contributed by atoms with van der Waals surface area (Å²) in [6, 6.07) is 7.23. The van der Waals surface area contributed by atoms with E-state index in [2.05, 4.69) is 19.2 Å². The molecule has 0 aromatic heterocycles. The zero-order valence-electron chi connectivity index (χ0n) is 10.8. The van der Waals surface area contributed by atoms with E-state index in [0.29, 0.717) is 18.9 Å². The molecule has 98 valence electrons. The molecule has 1 heterocycles. The van der Waals surface area contributed by atoms with Gasteiger partial charge in [0.1, 0.15) is 12.4 Å². The predicted octanol–water partition coefficient (Wildman–Crippen LogP) is 1.61. The maximum atomic E-state index is 12.0. The summed E-state index contributed by atoms with van der Waals surface area (Å²) in [5.41, 5.74) is 6.89. The van der Waals surface area contributed by atoms with Gasteiger partial charge in [0.2, 0.25) is 5.91 Å². The Balaban J connectivity index is 1.97. The maximum absolute atomic E-state index is 12.0. The fourth-order valence-electron chi connectivity index (χ4n) is 2.18. The number of benzene rings is 1. The molecule has 18 heavy (non-hydrogen) atoms. The highest BCUT2D eigenvalue weighted by Gasteiger charge is 2.26. The minimum atomic E-state index is -0.447. The molecular weight excluding hydrogens is 228 g/mol. The van der Waals surface area contributed by atoms with Gasteiger partial charge in [-0.05, 0) is 18.4 Å². The van der Waals surface area contributed by atoms with Crippen molar-refractivity contribution in [2.75, 3.05) is 6.61 Å². The number of nitrogens with one attached hydrogen (secondary N) is 1. The first-order valence-corrected chi connectivity index (χ1v) is 6.35. The van der Waals surface area contributed by atoms with Crippen molar-refractivity contribution in [2.45, 2.75) is 32.4 Å². The third kappa shape index (κ3) is 2.82. The number of amides is 1. The Morgan fingerprint density at radius 2 is 2.22 bits per heavy atom. The Kier molecular flexibility index (Phi) is 3.87. The van der Waals surface area contributed by atoms with Crippen molar-refractivity contribution in [2.24, 2.45) is 11.7 Å². The van der Waals surface area contributed by atoms with Crippen LogP contribution in [0.5, 0.6) is 5.75 Å². The topological polar surface area (TPSA) is 64.4 Å². The van der Waals surface area contributed by atoms with Crippen molar-refractivity contribution >= 4 is 5.91 Å². The first-order valence-electron chi connectivity index (χ1n) is 6.35. The lowest BCUT2D eigenvalue weighted by molar-refractivity contribution is -0.123. The van der Waals surface area contributed by atoms with Gasteiger partial charge in [0, 0.05) is 5.56 Å². The zero-order chi connectivity index (χ0) is 13.1. The summed E-state index contributed by atoms with van der Waals surface area (Å²) in [6.45, 7) is 4.60. The SMILES string of the molecule is CC(C)CC(N)C(=O)NC1COc2ccccc21. The van der Waals surface area contributed by atoms with Gasteiger partial charge in [-0.2, -0.15) is 0 Å². The summed E-state index contributed by atoms with van der Waals surface area (Å²) in [5, 5.41) is 2.95. The van der Waals surface area contributed by atoms with Crippen molar-refractivity contribution in [1.82, 2.24) is 5.32 Å². The summed E-state index contributed by atoms with van der Waals surface area (Å²) in [5.74, 6) is 1.16. The maximum Gasteiger partial charge on any atom is 0.237 e. The minimum absolute atomic E-state index is 0.0769. The van der Waals surface area contributed by atoms with Crippen LogP contribution >= 0.6 is 0 Å². The molecular formula is C14H20N2O2. The molecule has 0 bridgehead atoms. The van der Waals surface area contributed by atoms with Gasteiger partial charge in [-0.3, -0.25) is 4.79 Å². The lowest BCUT2D eigenvalue weighted by atomic mass is 10.0. The lowest BCUT2D eigenvalue weighted by Crippen LogP contribution is -2.43. The molecule has 2 rings (SSSR count). The summed E-state index contributed by atoms with van der Waals surface area (Å²) < 4.78 is 5.52. The normalized spacial score (nSPS) is 19.2. The predicted molar refractivity (Wildman–Crippen MR) is 70.3 cm³/mol. The zero-order valence-corrected chi connectivity index (χ0v) is 10.8. The second-order valence-electron chi connectivity index (χ2n) is 5.15. The number of rotatable bonds is 4. The second-order valence-corrected chi connectivity index (χ2v) is 5.15. The lowest BCUT2D eigenvalue weighted by Gasteiger charge is -2.17. The Bertz CT molecular complexity index is 432. The van der Waals surface area contributed by atoms with E-state index in [-0.39, 0.29) is 11.9 Å². The van der Waals surface area contributed by atoms with Crippen molar-refractivity contribution in [1.29, 1.82) is 0 Å². The highest BCUT2D eigenvalue weighted by atomic mass is 16.5. The van der Waals surface area contributed by atoms with E-state index in [0.717, 1.165) is 11.3 Å². The van der Waals surface area contributed by atoms with E-state index >= 15 is 0 Å². The number of carbonyl (C=O) groups is 1. The minimum Gasteiger partial charge on any atom is -0.491 e. The smallest absolute Gasteiger partial charge is 0.237 e. The molecule has 0 saturated heterocycles. The number of carbonyl (C=O) groups excluding carboxylic acids is 1. The third-order valence-electron chi connectivity index (χ3n) is 3.08. The molecule has 0 fully saturated rings. The van der Waals surface area contributed by atoms with Gasteiger partial charge in [0.15, 0.2) is 0 Å². The number of hydrogen-bond acceptors (Lipinski definition) is 3. The summed E-state index contributed by atoms with van der Waals surface area (Å²) in [7, 11) is 0. The van der Waals surface area contributed by atoms with Gasteiger partial charge in [-0.15, -0.1) is 0 Å². The van der Waals surface area contributed by atoms with Crippen molar-refractivity contribution in [3.05, 3.63) is 29.8 Å². The van der Waals surface area contributed by atoms with E-state index in [1.54, 1.807) is 0 Å². The van der Waals surface area contributed by atoms with E-state index < -0.39 is 6.04 Å². The van der Waals surface area contributed by atoms with Crippen LogP contribution in [0.1, 0.15) is 31.9 Å². The number of hydrogen-bond donors (Lipinski definition) is 2. The number of nitrogens with two attached hydrogens (primary N) is 1. The molecule has 1 amide bonds. The van der Waals surface area contributed by atoms with Crippen LogP contribution in [0.2, 0.25) is 0 Å². The van der Waals surface area contributed by atoms with Crippen molar-refractivity contribution in [3.63, 3.8) is 0 Å². The molecule has 2 unspecified atom stereocenters. The standard InChI is InChI=1S/C14H20N2O2/c1-9(2)7-11(15)14(17)16-12-8-18-13-6-4-3-5-10(12)13/h3-6,9,11-12H,7-8,15H2,1-2H3,(H,16,17). The van der Waals surface area contributed by atoms with Crippen LogP contribution in [-0.4, -0.2) is 18.6 Å². The van der Waals surface area contributed by atoms with Crippen LogP contribution in [0.3, 0.4) is 0 Å². The fourth-order valence-corrected chi connectivity index (χ4v) is 2.18. The molecule has 0 spiro atoms. The molecule has 0 aliphatic carbocycles. The van der Waals surface area contributed by atoms with Crippen LogP contribution in [0.15, 0.2) is 24.3 Å². The van der Waals surface area contributed by atoms with E-state index in [9.17, 15) is 4.79 Å². The first-order chi connectivity index (χ1) is 8.58. The molecule has 0 saturated carbocycles. The molecule has 1 aliphatic heterocycles. The largest absolute Gasteiger partial charge is 0.491 e. The van der Waals surface area contributed by atoms with Crippen LogP contribution in [0.4, 0.5) is 0 Å². The Morgan fingerprint density at radius 3 is 2.94 bits per heavy atom. The highest BCUT2D eigenvalue weighted by Crippen LogP contribution is 2.31. The Morgan fingerprint density at radius 1 is 1.50 bits per heavy atom. The molecule has 2 atom stereocenters. The van der Waals surface area contributed by atoms with Gasteiger partial charge in [0.25, 0.3) is 0 Å². The molecule has 4 nitrogen and oxygen atoms in total. The van der Waals surface area contributed by atoms with Gasteiger partial charge < -0.3 is 15.8 Å². The summed E-state index contributed by atoms with van der Waals surface area (Å²) in [4.78, 5) is 12.0. The molecule has 3 N–H and O–H groups in total. The number of para-hydroxylation sites is 1. The average Bonchev–Trinajstić information content (AvgIpc) is 2.72. The monoisotopic (exact) mass is 248 g/mol. The molecule has 0 radical (unpaired) electrons. The third-order valence-corrected chi connectivity index (χ3v) is 3.08. The highest BCUT2D eigenvalue weighted by molar-refractivity contribution is 5.82. The summed E-state index contributed by atoms with van der Waals surface area (Å²) in [6.07, 6.45) is 0.695. The van der Waals surface area contributed by atoms with Crippen LogP contribution in [0, 0.1) is 5.92 Å². The fraction of sp³-hybridized carbons (Fsp3) is 0.500. The van der Waals surface area contributed by atoms with Crippen LogP contribution in [0.25, 0.3) is 0 Å². The number of ether oxygens (including phenoxy) is 1. The van der Waals surface area contributed by atoms with Crippen LogP contribution in [-0.2, 0) is 4.79 Å². The molecule has 1 aromatic carbocycles. The Labute approximate surface area is 108 Å². The van der Waals surface area contributed by atoms with E-state index in [4.69, 9.17) is 10.5 Å². The van der Waals surface area contributed by atoms with Gasteiger partial charge in [0.05, 0.1) is 12.1 Å². The summed E-state index contributed by atoms with van der Waals surface area (Å²) >= 11 is 0. The van der Waals surface area contributed by atoms with Crippen molar-refractivity contribution < 1.29 is 9.53 Å². The van der Waals surface area contributed by atoms with Gasteiger partial charge in [-0.1, -0.05) is 32.0 Å². The van der Waals surface area contributed by atoms with Crippen molar-refractivity contribution in [3.8, 4) is 5.75 Å². The van der Waals surface area contributed by atoms with E-state index in [1.165, 1.54) is 0 Å². The van der Waals surface area contributed by atoms with E-state index in [1.807, 2.05) is 24.3 Å². The first kappa shape index (κ1) is 12.9.